The minimum absolute atomic E-state index is 0.0597. The normalized spacial score (nSPS) is 17.6. The summed E-state index contributed by atoms with van der Waals surface area (Å²) in [4.78, 5) is 27.3. The molecule has 0 bridgehead atoms. The van der Waals surface area contributed by atoms with Gasteiger partial charge in [-0.05, 0) is 56.2 Å². The van der Waals surface area contributed by atoms with Gasteiger partial charge in [0.15, 0.2) is 11.5 Å². The molecule has 2 aromatic rings. The number of phenols is 1. The van der Waals surface area contributed by atoms with Gasteiger partial charge in [0.05, 0.1) is 29.9 Å². The lowest BCUT2D eigenvalue weighted by Crippen LogP contribution is -2.30. The minimum atomic E-state index is -0.860. The zero-order chi connectivity index (χ0) is 23.4. The lowest BCUT2D eigenvalue weighted by molar-refractivity contribution is -0.139. The SMILES string of the molecule is CCCN1C(=O)C(=O)/C(=C(/O)c2cc(OCC)ccc2Cl)C1c1ccc(O)c(OCC)c1. The average Bonchev–Trinajstić information content (AvgIpc) is 3.02. The van der Waals surface area contributed by atoms with Crippen LogP contribution >= 0.6 is 11.6 Å². The third-order valence-corrected chi connectivity index (χ3v) is 5.44. The Bertz CT molecular complexity index is 1060. The Morgan fingerprint density at radius 3 is 2.44 bits per heavy atom. The smallest absolute Gasteiger partial charge is 0.295 e. The number of hydrogen-bond acceptors (Lipinski definition) is 6. The third-order valence-electron chi connectivity index (χ3n) is 5.11. The number of phenolic OH excluding ortho intramolecular Hbond substituents is 1. The van der Waals surface area contributed by atoms with Crippen molar-refractivity contribution in [3.05, 3.63) is 58.1 Å². The van der Waals surface area contributed by atoms with Crippen LogP contribution in [0.15, 0.2) is 42.0 Å². The summed E-state index contributed by atoms with van der Waals surface area (Å²) in [5, 5.41) is 21.5. The summed E-state index contributed by atoms with van der Waals surface area (Å²) >= 11 is 6.32. The highest BCUT2D eigenvalue weighted by Gasteiger charge is 2.46. The van der Waals surface area contributed by atoms with Crippen LogP contribution in [0.3, 0.4) is 0 Å². The summed E-state index contributed by atoms with van der Waals surface area (Å²) in [5.41, 5.74) is 0.644. The summed E-state index contributed by atoms with van der Waals surface area (Å²) < 4.78 is 11.0. The van der Waals surface area contributed by atoms with Crippen LogP contribution < -0.4 is 9.47 Å². The number of Topliss-reactive ketones (excluding diaryl/α,β-unsaturated/α-hetero) is 1. The Balaban J connectivity index is 2.22. The van der Waals surface area contributed by atoms with Gasteiger partial charge in [0.2, 0.25) is 0 Å². The van der Waals surface area contributed by atoms with Gasteiger partial charge in [-0.3, -0.25) is 9.59 Å². The molecule has 3 rings (SSSR count). The van der Waals surface area contributed by atoms with Gasteiger partial charge >= 0.3 is 0 Å². The number of aliphatic hydroxyl groups excluding tert-OH is 1. The van der Waals surface area contributed by atoms with E-state index in [2.05, 4.69) is 0 Å². The lowest BCUT2D eigenvalue weighted by Gasteiger charge is -2.25. The monoisotopic (exact) mass is 459 g/mol. The molecule has 1 aliphatic heterocycles. The van der Waals surface area contributed by atoms with Crippen LogP contribution in [-0.4, -0.2) is 46.6 Å². The Kier molecular flexibility index (Phi) is 7.30. The molecule has 1 atom stereocenters. The van der Waals surface area contributed by atoms with Crippen LogP contribution in [0, 0.1) is 0 Å². The fraction of sp³-hybridized carbons (Fsp3) is 0.333. The Morgan fingerprint density at radius 1 is 1.06 bits per heavy atom. The molecule has 32 heavy (non-hydrogen) atoms. The molecule has 0 saturated carbocycles. The second kappa shape index (κ2) is 9.96. The number of rotatable bonds is 8. The fourth-order valence-electron chi connectivity index (χ4n) is 3.76. The van der Waals surface area contributed by atoms with E-state index >= 15 is 0 Å². The third kappa shape index (κ3) is 4.39. The molecule has 8 heteroatoms. The number of aliphatic hydroxyl groups is 1. The molecule has 2 aromatic carbocycles. The van der Waals surface area contributed by atoms with Crippen molar-refractivity contribution in [1.82, 2.24) is 4.90 Å². The molecule has 2 N–H and O–H groups in total. The van der Waals surface area contributed by atoms with E-state index in [0.717, 1.165) is 0 Å². The van der Waals surface area contributed by atoms with Crippen molar-refractivity contribution in [1.29, 1.82) is 0 Å². The van der Waals surface area contributed by atoms with E-state index in [4.69, 9.17) is 21.1 Å². The van der Waals surface area contributed by atoms with E-state index in [-0.39, 0.29) is 33.4 Å². The van der Waals surface area contributed by atoms with Gasteiger partial charge in [0, 0.05) is 12.1 Å². The number of ketones is 1. The summed E-state index contributed by atoms with van der Waals surface area (Å²) in [6, 6.07) is 8.51. The van der Waals surface area contributed by atoms with E-state index in [1.54, 1.807) is 31.2 Å². The predicted molar refractivity (Wildman–Crippen MR) is 121 cm³/mol. The maximum absolute atomic E-state index is 13.0. The van der Waals surface area contributed by atoms with Gasteiger partial charge in [-0.25, -0.2) is 0 Å². The van der Waals surface area contributed by atoms with Gasteiger partial charge in [-0.15, -0.1) is 0 Å². The molecule has 1 fully saturated rings. The Morgan fingerprint density at radius 2 is 1.78 bits per heavy atom. The predicted octanol–water partition coefficient (Wildman–Crippen LogP) is 4.67. The number of aromatic hydroxyl groups is 1. The average molecular weight is 460 g/mol. The first-order valence-corrected chi connectivity index (χ1v) is 10.9. The van der Waals surface area contributed by atoms with Crippen LogP contribution in [0.1, 0.15) is 44.4 Å². The molecule has 7 nitrogen and oxygen atoms in total. The van der Waals surface area contributed by atoms with E-state index in [1.807, 2.05) is 13.8 Å². The molecule has 0 spiro atoms. The molecule has 0 radical (unpaired) electrons. The van der Waals surface area contributed by atoms with Crippen LogP contribution in [-0.2, 0) is 9.59 Å². The zero-order valence-electron chi connectivity index (χ0n) is 18.2. The van der Waals surface area contributed by atoms with Crippen LogP contribution in [0.4, 0.5) is 0 Å². The zero-order valence-corrected chi connectivity index (χ0v) is 19.0. The summed E-state index contributed by atoms with van der Waals surface area (Å²) in [5.74, 6) is -1.25. The van der Waals surface area contributed by atoms with E-state index in [1.165, 1.54) is 17.0 Å². The van der Waals surface area contributed by atoms with Gasteiger partial charge in [-0.2, -0.15) is 0 Å². The maximum Gasteiger partial charge on any atom is 0.295 e. The van der Waals surface area contributed by atoms with Crippen molar-refractivity contribution in [3.8, 4) is 17.2 Å². The number of carbonyl (C=O) groups excluding carboxylic acids is 2. The quantitative estimate of drug-likeness (QED) is 0.338. The van der Waals surface area contributed by atoms with Crippen molar-refractivity contribution >= 4 is 29.1 Å². The highest BCUT2D eigenvalue weighted by molar-refractivity contribution is 6.47. The van der Waals surface area contributed by atoms with Crippen molar-refractivity contribution in [2.75, 3.05) is 19.8 Å². The van der Waals surface area contributed by atoms with Gasteiger partial charge < -0.3 is 24.6 Å². The molecule has 1 amide bonds. The first kappa shape index (κ1) is 23.5. The van der Waals surface area contributed by atoms with E-state index in [0.29, 0.717) is 37.5 Å². The molecule has 1 saturated heterocycles. The first-order chi connectivity index (χ1) is 15.3. The topological polar surface area (TPSA) is 96.3 Å². The molecular weight excluding hydrogens is 434 g/mol. The van der Waals surface area contributed by atoms with Crippen molar-refractivity contribution < 1.29 is 29.3 Å². The number of carbonyl (C=O) groups is 2. The fourth-order valence-corrected chi connectivity index (χ4v) is 3.96. The molecule has 1 unspecified atom stereocenters. The van der Waals surface area contributed by atoms with Gasteiger partial charge in [0.1, 0.15) is 11.5 Å². The molecular formula is C24H26ClNO6. The van der Waals surface area contributed by atoms with Crippen LogP contribution in [0.5, 0.6) is 17.2 Å². The van der Waals surface area contributed by atoms with E-state index < -0.39 is 17.7 Å². The standard InChI is InChI=1S/C24H26ClNO6/c1-4-11-26-21(14-7-10-18(27)19(12-14)32-6-3)20(23(29)24(26)30)22(28)16-13-15(31-5-2)8-9-17(16)25/h7-10,12-13,21,27-28H,4-6,11H2,1-3H3/b22-20+. The summed E-state index contributed by atoms with van der Waals surface area (Å²) in [6.07, 6.45) is 0.612. The Labute approximate surface area is 191 Å². The van der Waals surface area contributed by atoms with Gasteiger partial charge in [-0.1, -0.05) is 24.6 Å². The number of halogens is 1. The Hall–Kier alpha value is -3.19. The van der Waals surface area contributed by atoms with Crippen LogP contribution in [0.2, 0.25) is 5.02 Å². The van der Waals surface area contributed by atoms with Crippen molar-refractivity contribution in [3.63, 3.8) is 0 Å². The second-order valence-electron chi connectivity index (χ2n) is 7.23. The van der Waals surface area contributed by atoms with Gasteiger partial charge in [0.25, 0.3) is 11.7 Å². The number of hydrogen-bond donors (Lipinski definition) is 2. The van der Waals surface area contributed by atoms with Crippen LogP contribution in [0.25, 0.3) is 5.76 Å². The first-order valence-electron chi connectivity index (χ1n) is 10.5. The molecule has 1 aliphatic rings. The number of amides is 1. The highest BCUT2D eigenvalue weighted by Crippen LogP contribution is 2.43. The maximum atomic E-state index is 13.0. The largest absolute Gasteiger partial charge is 0.507 e. The minimum Gasteiger partial charge on any atom is -0.507 e. The van der Waals surface area contributed by atoms with Crippen molar-refractivity contribution in [2.45, 2.75) is 33.2 Å². The van der Waals surface area contributed by atoms with Crippen molar-refractivity contribution in [2.24, 2.45) is 0 Å². The number of likely N-dealkylation sites (tertiary alicyclic amines) is 1. The highest BCUT2D eigenvalue weighted by atomic mass is 35.5. The number of ether oxygens (including phenoxy) is 2. The molecule has 0 aliphatic carbocycles. The number of benzene rings is 2. The van der Waals surface area contributed by atoms with E-state index in [9.17, 15) is 19.8 Å². The molecule has 1 heterocycles. The number of nitrogens with zero attached hydrogens (tertiary/aromatic N) is 1. The summed E-state index contributed by atoms with van der Waals surface area (Å²) in [6.45, 7) is 6.54. The molecule has 170 valence electrons. The summed E-state index contributed by atoms with van der Waals surface area (Å²) in [7, 11) is 0. The molecule has 0 aromatic heterocycles. The lowest BCUT2D eigenvalue weighted by atomic mass is 9.94. The second-order valence-corrected chi connectivity index (χ2v) is 7.63.